The van der Waals surface area contributed by atoms with Crippen molar-refractivity contribution in [1.82, 2.24) is 20.4 Å². The summed E-state index contributed by atoms with van der Waals surface area (Å²) in [5.74, 6) is -0.170. The van der Waals surface area contributed by atoms with Crippen LogP contribution in [0.25, 0.3) is 5.69 Å². The van der Waals surface area contributed by atoms with Crippen molar-refractivity contribution in [2.75, 3.05) is 19.6 Å². The first-order chi connectivity index (χ1) is 11.0. The summed E-state index contributed by atoms with van der Waals surface area (Å²) in [7, 11) is 0. The SMILES string of the molecule is Cc1cc(C(=O)NCC2CNCC2O)nn1-c1ccc(Br)cc1. The number of benzene rings is 1. The van der Waals surface area contributed by atoms with Gasteiger partial charge in [-0.1, -0.05) is 15.9 Å². The van der Waals surface area contributed by atoms with E-state index in [0.717, 1.165) is 15.9 Å². The molecule has 1 aliphatic heterocycles. The van der Waals surface area contributed by atoms with E-state index in [0.29, 0.717) is 25.3 Å². The molecule has 2 aromatic rings. The van der Waals surface area contributed by atoms with Crippen LogP contribution in [-0.2, 0) is 0 Å². The third kappa shape index (κ3) is 3.63. The van der Waals surface area contributed by atoms with E-state index < -0.39 is 6.10 Å². The first kappa shape index (κ1) is 16.2. The van der Waals surface area contributed by atoms with Crippen LogP contribution in [0.2, 0.25) is 0 Å². The van der Waals surface area contributed by atoms with Crippen LogP contribution < -0.4 is 10.6 Å². The zero-order chi connectivity index (χ0) is 16.4. The zero-order valence-electron chi connectivity index (χ0n) is 12.8. The number of nitrogens with one attached hydrogen (secondary N) is 2. The first-order valence-electron chi connectivity index (χ1n) is 7.54. The Kier molecular flexibility index (Phi) is 4.79. The highest BCUT2D eigenvalue weighted by Gasteiger charge is 2.25. The van der Waals surface area contributed by atoms with E-state index in [1.165, 1.54) is 0 Å². The van der Waals surface area contributed by atoms with E-state index in [1.807, 2.05) is 31.2 Å². The number of aromatic nitrogens is 2. The summed E-state index contributed by atoms with van der Waals surface area (Å²) in [5.41, 5.74) is 2.17. The molecule has 2 unspecified atom stereocenters. The molecule has 0 spiro atoms. The fourth-order valence-electron chi connectivity index (χ4n) is 2.67. The molecule has 1 aromatic heterocycles. The number of aryl methyl sites for hydroxylation is 1. The molecule has 3 rings (SSSR count). The normalized spacial score (nSPS) is 20.7. The summed E-state index contributed by atoms with van der Waals surface area (Å²) >= 11 is 3.40. The molecule has 1 aromatic carbocycles. The van der Waals surface area contributed by atoms with Crippen molar-refractivity contribution < 1.29 is 9.90 Å². The van der Waals surface area contributed by atoms with Crippen molar-refractivity contribution in [1.29, 1.82) is 0 Å². The maximum absolute atomic E-state index is 12.3. The number of carbonyl (C=O) groups is 1. The second-order valence-corrected chi connectivity index (χ2v) is 6.67. The Morgan fingerprint density at radius 2 is 2.17 bits per heavy atom. The van der Waals surface area contributed by atoms with Gasteiger partial charge in [-0.25, -0.2) is 4.68 Å². The van der Waals surface area contributed by atoms with Crippen molar-refractivity contribution in [2.24, 2.45) is 5.92 Å². The second-order valence-electron chi connectivity index (χ2n) is 5.75. The summed E-state index contributed by atoms with van der Waals surface area (Å²) in [5, 5.41) is 20.1. The van der Waals surface area contributed by atoms with Crippen molar-refractivity contribution in [3.63, 3.8) is 0 Å². The van der Waals surface area contributed by atoms with Gasteiger partial charge in [0.25, 0.3) is 5.91 Å². The number of hydrogen-bond donors (Lipinski definition) is 3. The highest BCUT2D eigenvalue weighted by molar-refractivity contribution is 9.10. The van der Waals surface area contributed by atoms with Gasteiger partial charge in [0.2, 0.25) is 0 Å². The van der Waals surface area contributed by atoms with Gasteiger partial charge in [-0.05, 0) is 37.3 Å². The monoisotopic (exact) mass is 378 g/mol. The molecule has 1 amide bonds. The molecule has 0 radical (unpaired) electrons. The van der Waals surface area contributed by atoms with Gasteiger partial charge in [-0.15, -0.1) is 0 Å². The average Bonchev–Trinajstić information content (AvgIpc) is 3.12. The van der Waals surface area contributed by atoms with E-state index in [4.69, 9.17) is 0 Å². The summed E-state index contributed by atoms with van der Waals surface area (Å²) in [6.07, 6.45) is -0.405. The van der Waals surface area contributed by atoms with Crippen LogP contribution in [-0.4, -0.2) is 46.5 Å². The van der Waals surface area contributed by atoms with E-state index in [9.17, 15) is 9.90 Å². The molecule has 3 N–H and O–H groups in total. The Morgan fingerprint density at radius 3 is 2.83 bits per heavy atom. The molecule has 122 valence electrons. The molecule has 7 heteroatoms. The van der Waals surface area contributed by atoms with Crippen LogP contribution in [0, 0.1) is 12.8 Å². The largest absolute Gasteiger partial charge is 0.391 e. The molecule has 2 atom stereocenters. The Hall–Kier alpha value is -1.70. The minimum atomic E-state index is -0.405. The van der Waals surface area contributed by atoms with E-state index in [2.05, 4.69) is 31.7 Å². The first-order valence-corrected chi connectivity index (χ1v) is 8.33. The molecule has 0 aliphatic carbocycles. The van der Waals surface area contributed by atoms with Crippen LogP contribution in [0.15, 0.2) is 34.8 Å². The fraction of sp³-hybridized carbons (Fsp3) is 0.375. The summed E-state index contributed by atoms with van der Waals surface area (Å²) in [6, 6.07) is 9.51. The third-order valence-corrected chi connectivity index (χ3v) is 4.55. The van der Waals surface area contributed by atoms with Crippen LogP contribution in [0.1, 0.15) is 16.2 Å². The number of nitrogens with zero attached hydrogens (tertiary/aromatic N) is 2. The Bertz CT molecular complexity index is 699. The maximum Gasteiger partial charge on any atom is 0.271 e. The van der Waals surface area contributed by atoms with Crippen molar-refractivity contribution in [3.8, 4) is 5.69 Å². The molecular formula is C16H19BrN4O2. The minimum absolute atomic E-state index is 0.0496. The van der Waals surface area contributed by atoms with Crippen molar-refractivity contribution in [2.45, 2.75) is 13.0 Å². The summed E-state index contributed by atoms with van der Waals surface area (Å²) in [6.45, 7) is 3.65. The molecule has 0 saturated carbocycles. The predicted molar refractivity (Wildman–Crippen MR) is 90.7 cm³/mol. The molecular weight excluding hydrogens is 360 g/mol. The van der Waals surface area contributed by atoms with Gasteiger partial charge in [0, 0.05) is 35.7 Å². The van der Waals surface area contributed by atoms with Gasteiger partial charge >= 0.3 is 0 Å². The Balaban J connectivity index is 1.69. The van der Waals surface area contributed by atoms with Gasteiger partial charge in [-0.3, -0.25) is 4.79 Å². The smallest absolute Gasteiger partial charge is 0.271 e. The number of hydrogen-bond acceptors (Lipinski definition) is 4. The Morgan fingerprint density at radius 1 is 1.43 bits per heavy atom. The number of rotatable bonds is 4. The van der Waals surface area contributed by atoms with Gasteiger partial charge in [0.15, 0.2) is 5.69 Å². The number of aliphatic hydroxyl groups excluding tert-OH is 1. The zero-order valence-corrected chi connectivity index (χ0v) is 14.4. The number of amides is 1. The molecule has 2 heterocycles. The molecule has 1 fully saturated rings. The molecule has 1 aliphatic rings. The maximum atomic E-state index is 12.3. The predicted octanol–water partition coefficient (Wildman–Crippen LogP) is 1.25. The quantitative estimate of drug-likeness (QED) is 0.747. The number of halogens is 1. The van der Waals surface area contributed by atoms with E-state index in [-0.39, 0.29) is 11.8 Å². The summed E-state index contributed by atoms with van der Waals surface area (Å²) in [4.78, 5) is 12.3. The van der Waals surface area contributed by atoms with Gasteiger partial charge < -0.3 is 15.7 Å². The van der Waals surface area contributed by atoms with Crippen LogP contribution in [0.4, 0.5) is 0 Å². The Labute approximate surface area is 143 Å². The van der Waals surface area contributed by atoms with Crippen LogP contribution >= 0.6 is 15.9 Å². The van der Waals surface area contributed by atoms with Crippen molar-refractivity contribution in [3.05, 3.63) is 46.2 Å². The summed E-state index contributed by atoms with van der Waals surface area (Å²) < 4.78 is 2.74. The third-order valence-electron chi connectivity index (χ3n) is 4.02. The van der Waals surface area contributed by atoms with Gasteiger partial charge in [0.1, 0.15) is 0 Å². The lowest BCUT2D eigenvalue weighted by molar-refractivity contribution is 0.0921. The van der Waals surface area contributed by atoms with E-state index >= 15 is 0 Å². The van der Waals surface area contributed by atoms with Crippen molar-refractivity contribution >= 4 is 21.8 Å². The number of β-amino-alcohol motifs (C(OH)–C–C–N with tert-alkyl or cyclic N) is 1. The lowest BCUT2D eigenvalue weighted by Gasteiger charge is -2.13. The lowest BCUT2D eigenvalue weighted by atomic mass is 10.1. The molecule has 23 heavy (non-hydrogen) atoms. The average molecular weight is 379 g/mol. The lowest BCUT2D eigenvalue weighted by Crippen LogP contribution is -2.34. The highest BCUT2D eigenvalue weighted by Crippen LogP contribution is 2.16. The highest BCUT2D eigenvalue weighted by atomic mass is 79.9. The fourth-order valence-corrected chi connectivity index (χ4v) is 2.94. The minimum Gasteiger partial charge on any atom is -0.391 e. The number of carbonyl (C=O) groups excluding carboxylic acids is 1. The number of aliphatic hydroxyl groups is 1. The van der Waals surface area contributed by atoms with Gasteiger partial charge in [-0.2, -0.15) is 5.10 Å². The van der Waals surface area contributed by atoms with Crippen LogP contribution in [0.3, 0.4) is 0 Å². The molecule has 1 saturated heterocycles. The second kappa shape index (κ2) is 6.82. The van der Waals surface area contributed by atoms with E-state index in [1.54, 1.807) is 10.7 Å². The topological polar surface area (TPSA) is 79.2 Å². The standard InChI is InChI=1S/C16H19BrN4O2/c1-10-6-14(16(23)19-8-11-7-18-9-15(11)22)20-21(10)13-4-2-12(17)3-5-13/h2-6,11,15,18,22H,7-9H2,1H3,(H,19,23). The van der Waals surface area contributed by atoms with Crippen LogP contribution in [0.5, 0.6) is 0 Å². The molecule has 0 bridgehead atoms. The van der Waals surface area contributed by atoms with Gasteiger partial charge in [0.05, 0.1) is 11.8 Å². The molecule has 6 nitrogen and oxygen atoms in total.